The third kappa shape index (κ3) is 4.16. The van der Waals surface area contributed by atoms with Crippen molar-refractivity contribution in [3.63, 3.8) is 0 Å². The molecule has 0 fully saturated rings. The van der Waals surface area contributed by atoms with Crippen LogP contribution in [0.15, 0.2) is 47.5 Å². The number of nitrogens with one attached hydrogen (secondary N) is 1. The normalized spacial score (nSPS) is 12.1. The van der Waals surface area contributed by atoms with Crippen molar-refractivity contribution in [3.8, 4) is 5.75 Å². The van der Waals surface area contributed by atoms with Crippen LogP contribution in [0.3, 0.4) is 0 Å². The molecule has 2 aromatic rings. The molecule has 5 nitrogen and oxygen atoms in total. The molecule has 1 heterocycles. The fourth-order valence-electron chi connectivity index (χ4n) is 2.17. The lowest BCUT2D eigenvalue weighted by Gasteiger charge is -2.20. The Hall–Kier alpha value is -2.14. The van der Waals surface area contributed by atoms with Crippen molar-refractivity contribution in [2.75, 3.05) is 13.7 Å². The first-order valence-electron chi connectivity index (χ1n) is 7.13. The first-order chi connectivity index (χ1) is 10.2. The maximum Gasteiger partial charge on any atom is 0.347 e. The Bertz CT molecular complexity index is 607. The molecule has 0 saturated heterocycles. The summed E-state index contributed by atoms with van der Waals surface area (Å²) in [6, 6.07) is 9.75. The predicted octanol–water partition coefficient (Wildman–Crippen LogP) is 1.99. The van der Waals surface area contributed by atoms with Gasteiger partial charge in [0.05, 0.1) is 13.2 Å². The molecule has 0 spiro atoms. The van der Waals surface area contributed by atoms with Gasteiger partial charge < -0.3 is 10.1 Å². The predicted molar refractivity (Wildman–Crippen MR) is 82.5 cm³/mol. The zero-order valence-electron chi connectivity index (χ0n) is 12.5. The SMILES string of the molecule is CCCNC(Cn1cccnc1=O)c1ccc(OC)cc1. The molecule has 0 aliphatic carbocycles. The van der Waals surface area contributed by atoms with Gasteiger partial charge in [0.15, 0.2) is 0 Å². The minimum Gasteiger partial charge on any atom is -0.497 e. The molecule has 1 unspecified atom stereocenters. The number of benzene rings is 1. The summed E-state index contributed by atoms with van der Waals surface area (Å²) < 4.78 is 6.80. The van der Waals surface area contributed by atoms with Crippen LogP contribution in [0.25, 0.3) is 0 Å². The van der Waals surface area contributed by atoms with Gasteiger partial charge in [-0.3, -0.25) is 4.57 Å². The number of hydrogen-bond acceptors (Lipinski definition) is 4. The van der Waals surface area contributed by atoms with Gasteiger partial charge >= 0.3 is 5.69 Å². The van der Waals surface area contributed by atoms with E-state index in [2.05, 4.69) is 17.2 Å². The summed E-state index contributed by atoms with van der Waals surface area (Å²) in [4.78, 5) is 15.6. The van der Waals surface area contributed by atoms with E-state index < -0.39 is 0 Å². The average molecular weight is 287 g/mol. The standard InChI is InChI=1S/C16H21N3O2/c1-3-9-17-15(12-19-11-4-10-18-16(19)20)13-5-7-14(21-2)8-6-13/h4-8,10-11,15,17H,3,9,12H2,1-2H3. The lowest BCUT2D eigenvalue weighted by molar-refractivity contribution is 0.413. The highest BCUT2D eigenvalue weighted by molar-refractivity contribution is 5.29. The molecular formula is C16H21N3O2. The molecule has 21 heavy (non-hydrogen) atoms. The molecule has 1 N–H and O–H groups in total. The first kappa shape index (κ1) is 15.3. The topological polar surface area (TPSA) is 56.2 Å². The van der Waals surface area contributed by atoms with Gasteiger partial charge in [-0.05, 0) is 36.7 Å². The Morgan fingerprint density at radius 3 is 2.71 bits per heavy atom. The summed E-state index contributed by atoms with van der Waals surface area (Å²) in [7, 11) is 1.65. The second kappa shape index (κ2) is 7.59. The smallest absolute Gasteiger partial charge is 0.347 e. The Morgan fingerprint density at radius 2 is 2.10 bits per heavy atom. The van der Waals surface area contributed by atoms with Crippen molar-refractivity contribution in [2.45, 2.75) is 25.9 Å². The summed E-state index contributed by atoms with van der Waals surface area (Å²) >= 11 is 0. The molecule has 0 radical (unpaired) electrons. The zero-order chi connectivity index (χ0) is 15.1. The largest absolute Gasteiger partial charge is 0.497 e. The highest BCUT2D eigenvalue weighted by Gasteiger charge is 2.12. The van der Waals surface area contributed by atoms with E-state index in [9.17, 15) is 4.79 Å². The van der Waals surface area contributed by atoms with Crippen LogP contribution in [0.2, 0.25) is 0 Å². The van der Waals surface area contributed by atoms with E-state index in [4.69, 9.17) is 4.74 Å². The van der Waals surface area contributed by atoms with Crippen molar-refractivity contribution in [1.29, 1.82) is 0 Å². The molecular weight excluding hydrogens is 266 g/mol. The van der Waals surface area contributed by atoms with Crippen molar-refractivity contribution in [1.82, 2.24) is 14.9 Å². The lowest BCUT2D eigenvalue weighted by atomic mass is 10.1. The van der Waals surface area contributed by atoms with Gasteiger partial charge in [-0.25, -0.2) is 9.78 Å². The van der Waals surface area contributed by atoms with E-state index in [1.807, 2.05) is 24.3 Å². The van der Waals surface area contributed by atoms with E-state index in [0.29, 0.717) is 6.54 Å². The van der Waals surface area contributed by atoms with Crippen molar-refractivity contribution in [2.24, 2.45) is 0 Å². The molecule has 0 aliphatic heterocycles. The summed E-state index contributed by atoms with van der Waals surface area (Å²) in [5, 5.41) is 3.47. The van der Waals surface area contributed by atoms with Crippen LogP contribution in [0, 0.1) is 0 Å². The molecule has 0 saturated carbocycles. The van der Waals surface area contributed by atoms with Crippen LogP contribution in [-0.2, 0) is 6.54 Å². The third-order valence-corrected chi connectivity index (χ3v) is 3.32. The summed E-state index contributed by atoms with van der Waals surface area (Å²) in [5.41, 5.74) is 0.898. The summed E-state index contributed by atoms with van der Waals surface area (Å²) in [6.45, 7) is 3.57. The average Bonchev–Trinajstić information content (AvgIpc) is 2.53. The van der Waals surface area contributed by atoms with Crippen LogP contribution in [0.4, 0.5) is 0 Å². The molecule has 0 bridgehead atoms. The minimum atomic E-state index is -0.227. The molecule has 1 aromatic carbocycles. The Labute approximate surface area is 124 Å². The fourth-order valence-corrected chi connectivity index (χ4v) is 2.17. The highest BCUT2D eigenvalue weighted by atomic mass is 16.5. The molecule has 0 aliphatic rings. The monoisotopic (exact) mass is 287 g/mol. The van der Waals surface area contributed by atoms with Crippen LogP contribution in [0.5, 0.6) is 5.75 Å². The molecule has 2 rings (SSSR count). The number of ether oxygens (including phenoxy) is 1. The Morgan fingerprint density at radius 1 is 1.33 bits per heavy atom. The molecule has 1 aromatic heterocycles. The minimum absolute atomic E-state index is 0.0674. The van der Waals surface area contributed by atoms with Gasteiger partial charge in [0.2, 0.25) is 0 Å². The Kier molecular flexibility index (Phi) is 5.51. The van der Waals surface area contributed by atoms with Gasteiger partial charge in [0.25, 0.3) is 0 Å². The summed E-state index contributed by atoms with van der Waals surface area (Å²) in [5.74, 6) is 0.825. The van der Waals surface area contributed by atoms with Crippen LogP contribution in [-0.4, -0.2) is 23.2 Å². The zero-order valence-corrected chi connectivity index (χ0v) is 12.5. The second-order valence-corrected chi connectivity index (χ2v) is 4.83. The van der Waals surface area contributed by atoms with Crippen LogP contribution >= 0.6 is 0 Å². The lowest BCUT2D eigenvalue weighted by Crippen LogP contribution is -2.31. The summed E-state index contributed by atoms with van der Waals surface area (Å²) in [6.07, 6.45) is 4.31. The number of methoxy groups -OCH3 is 1. The van der Waals surface area contributed by atoms with Crippen molar-refractivity contribution < 1.29 is 4.74 Å². The highest BCUT2D eigenvalue weighted by Crippen LogP contribution is 2.18. The molecule has 1 atom stereocenters. The van der Waals surface area contributed by atoms with Crippen LogP contribution in [0.1, 0.15) is 24.9 Å². The quantitative estimate of drug-likeness (QED) is 0.846. The fraction of sp³-hybridized carbons (Fsp3) is 0.375. The van der Waals surface area contributed by atoms with Gasteiger partial charge in [0, 0.05) is 18.9 Å². The van der Waals surface area contributed by atoms with E-state index in [0.717, 1.165) is 24.3 Å². The van der Waals surface area contributed by atoms with Gasteiger partial charge in [-0.1, -0.05) is 19.1 Å². The van der Waals surface area contributed by atoms with E-state index >= 15 is 0 Å². The van der Waals surface area contributed by atoms with Gasteiger partial charge in [-0.15, -0.1) is 0 Å². The molecule has 112 valence electrons. The maximum atomic E-state index is 11.8. The van der Waals surface area contributed by atoms with Gasteiger partial charge in [-0.2, -0.15) is 0 Å². The maximum absolute atomic E-state index is 11.8. The Balaban J connectivity index is 2.20. The number of rotatable bonds is 7. The number of aromatic nitrogens is 2. The number of hydrogen-bond donors (Lipinski definition) is 1. The third-order valence-electron chi connectivity index (χ3n) is 3.32. The van der Waals surface area contributed by atoms with E-state index in [1.54, 1.807) is 23.9 Å². The van der Waals surface area contributed by atoms with E-state index in [1.165, 1.54) is 6.20 Å². The second-order valence-electron chi connectivity index (χ2n) is 4.83. The van der Waals surface area contributed by atoms with Crippen molar-refractivity contribution in [3.05, 3.63) is 58.8 Å². The van der Waals surface area contributed by atoms with Crippen LogP contribution < -0.4 is 15.7 Å². The number of nitrogens with zero attached hydrogens (tertiary/aromatic N) is 2. The van der Waals surface area contributed by atoms with Gasteiger partial charge in [0.1, 0.15) is 5.75 Å². The van der Waals surface area contributed by atoms with E-state index in [-0.39, 0.29) is 11.7 Å². The van der Waals surface area contributed by atoms with Crippen molar-refractivity contribution >= 4 is 0 Å². The molecule has 5 heteroatoms. The first-order valence-corrected chi connectivity index (χ1v) is 7.13. The molecule has 0 amide bonds.